The Balaban J connectivity index is 0.000000123. The van der Waals surface area contributed by atoms with Crippen molar-refractivity contribution in [1.82, 2.24) is 0 Å². The average Bonchev–Trinajstić information content (AvgIpc) is 0.687. The molecule has 0 bridgehead atoms. The van der Waals surface area contributed by atoms with E-state index in [1.54, 1.807) is 0 Å². The molecule has 0 fully saturated rings. The molecule has 20 aromatic carbocycles. The quantitative estimate of drug-likeness (QED) is 0.0702. The van der Waals surface area contributed by atoms with Crippen LogP contribution in [-0.2, 0) is 0 Å². The van der Waals surface area contributed by atoms with Gasteiger partial charge in [0.05, 0.1) is 0 Å². The first-order valence-electron chi connectivity index (χ1n) is 38.2. The van der Waals surface area contributed by atoms with Crippen LogP contribution in [0.25, 0.3) is 0 Å². The summed E-state index contributed by atoms with van der Waals surface area (Å²) in [5, 5.41) is 0. The molecule has 0 aliphatic carbocycles. The van der Waals surface area contributed by atoms with Gasteiger partial charge in [0.2, 0.25) is 0 Å². The van der Waals surface area contributed by atoms with Crippen molar-refractivity contribution in [2.75, 3.05) is 0 Å². The van der Waals surface area contributed by atoms with Crippen LogP contribution in [0.3, 0.4) is 0 Å². The molecule has 0 aromatic heterocycles. The Bertz CT molecular complexity index is 4850. The first-order chi connectivity index (χ1) is 61.5. The molecule has 0 radical (unpaired) electrons. The molecule has 0 saturated heterocycles. The topological polar surface area (TPSA) is 0 Å². The van der Waals surface area contributed by atoms with Crippen molar-refractivity contribution in [3.05, 3.63) is 607 Å². The van der Waals surface area contributed by atoms with E-state index in [1.165, 1.54) is 0 Å². The van der Waals surface area contributed by atoms with Gasteiger partial charge in [-0.05, 0) is 0 Å². The van der Waals surface area contributed by atoms with Crippen LogP contribution in [-0.4, -0.2) is 22.3 Å². The van der Waals surface area contributed by atoms with Crippen LogP contribution in [0.1, 0.15) is 0 Å². The van der Waals surface area contributed by atoms with Crippen molar-refractivity contribution in [2.45, 2.75) is 0 Å². The number of hydrogen-bond donors (Lipinski definition) is 0. The van der Waals surface area contributed by atoms with E-state index in [2.05, 4.69) is 716 Å². The molecular weight excluding hydrogens is 1510 g/mol. The number of benzene rings is 20. The fourth-order valence-electron chi connectivity index (χ4n) is 6.84. The van der Waals surface area contributed by atoms with Crippen molar-refractivity contribution in [2.24, 2.45) is 0 Å². The van der Waals surface area contributed by atoms with Crippen LogP contribution in [0.15, 0.2) is 607 Å². The molecule has 125 heavy (non-hydrogen) atoms. The molecule has 0 amide bonds. The fourth-order valence-corrected chi connectivity index (χ4v) is 6.84. The second-order valence-electron chi connectivity index (χ2n) is 21.5. The average molecular weight is 1670 g/mol. The van der Waals surface area contributed by atoms with E-state index < -0.39 is 22.3 Å². The standard InChI is InChI=1S/4C30H40B.Na/c4*1-6-16-26(17-7-1)31(27-18-8-2-9-19-27,28-20-10-3-11-21-28,29-22-12-4-13-23-29)30-24-14-5-15-25-30;/h4*1-25H,31H15;/q4*-17;+1. The zero-order chi connectivity index (χ0) is 84.0. The van der Waals surface area contributed by atoms with Crippen LogP contribution in [0.2, 0.25) is 0 Å². The van der Waals surface area contributed by atoms with Gasteiger partial charge in [0.25, 0.3) is 0 Å². The van der Waals surface area contributed by atoms with Crippen molar-refractivity contribution >= 4 is 132 Å². The summed E-state index contributed by atoms with van der Waals surface area (Å²) in [5.74, 6) is 0. The molecular formula is C120H160B4Na-67. The second-order valence-corrected chi connectivity index (χ2v) is 21.5. The molecule has 20 aromatic rings. The van der Waals surface area contributed by atoms with Crippen molar-refractivity contribution < 1.29 is 29.6 Å². The van der Waals surface area contributed by atoms with Crippen molar-refractivity contribution in [3.8, 4) is 0 Å². The van der Waals surface area contributed by atoms with Crippen LogP contribution >= 0.6 is 0 Å². The van der Waals surface area contributed by atoms with E-state index >= 15 is 0 Å². The van der Waals surface area contributed by atoms with Gasteiger partial charge in [0.15, 0.2) is 0 Å². The molecule has 0 nitrogen and oxygen atoms in total. The summed E-state index contributed by atoms with van der Waals surface area (Å²) < 4.78 is 0. The Kier molecular flexibility index (Phi) is 25.3. The molecule has 20 rings (SSSR count). The minimum atomic E-state index is -15.2. The Hall–Kier alpha value is -14.3. The molecule has 0 spiro atoms. The van der Waals surface area contributed by atoms with Gasteiger partial charge < -0.3 is 0 Å². The first kappa shape index (κ1) is 84.3. The van der Waals surface area contributed by atoms with Crippen LogP contribution in [0.4, 0.5) is 0 Å². The molecule has 720 valence electrons. The maximum absolute atomic E-state index is 15.2. The van der Waals surface area contributed by atoms with Gasteiger partial charge >= 0.3 is 768 Å². The Morgan fingerprint density at radius 3 is 0.144 bits per heavy atom. The molecule has 5 heteroatoms. The monoisotopic (exact) mass is 1670 g/mol. The SMILES string of the molecule is [Na+].c1ccc([BH15-17](c2ccccc2)(c2ccccc2)(c2ccccc2)c2ccccc2)cc1.c1ccc([BH15-17](c2ccccc2)(c2ccccc2)(c2ccccc2)c2ccccc2)cc1.c1ccc([BH15-17](c2ccccc2)(c2ccccc2)(c2ccccc2)c2ccccc2)cc1.c1ccc([BH15-17](c2ccccc2)(c2ccccc2)(c2ccccc2)c2ccccc2)cc1. The summed E-state index contributed by atoms with van der Waals surface area (Å²) in [4.78, 5) is 0. The molecule has 0 saturated carbocycles. The molecule has 0 heterocycles. The first-order valence-corrected chi connectivity index (χ1v) is 38.2. The molecule has 0 N–H and O–H groups in total. The van der Waals surface area contributed by atoms with E-state index in [0.29, 0.717) is 0 Å². The molecule has 0 unspecified atom stereocenters. The predicted octanol–water partition coefficient (Wildman–Crippen LogP) is -3.36. The van der Waals surface area contributed by atoms with Gasteiger partial charge in [-0.3, -0.25) is 0 Å². The zero-order valence-electron chi connectivity index (χ0n) is 68.7. The minimum absolute atomic E-state index is 0. The van der Waals surface area contributed by atoms with E-state index in [1.807, 2.05) is 0 Å². The summed E-state index contributed by atoms with van der Waals surface area (Å²) in [6.45, 7) is 0. The zero-order valence-corrected chi connectivity index (χ0v) is 70.7. The Morgan fingerprint density at radius 2 is 0.104 bits per heavy atom. The summed E-state index contributed by atoms with van der Waals surface area (Å²) >= 11 is 0. The third kappa shape index (κ3) is 13.6. The van der Waals surface area contributed by atoms with Gasteiger partial charge in [-0.2, -0.15) is 0 Å². The molecule has 0 aliphatic rings. The van der Waals surface area contributed by atoms with E-state index in [-0.39, 0.29) is 29.6 Å². The third-order valence-electron chi connectivity index (χ3n) is 12.1. The third-order valence-corrected chi connectivity index (χ3v) is 12.1. The molecule has 0 atom stereocenters. The van der Waals surface area contributed by atoms with E-state index in [9.17, 15) is 0 Å². The summed E-state index contributed by atoms with van der Waals surface area (Å²) in [5.41, 5.74) is -19.4. The van der Waals surface area contributed by atoms with Gasteiger partial charge in [-0.15, -0.1) is 0 Å². The maximum atomic E-state index is 2.63. The van der Waals surface area contributed by atoms with Gasteiger partial charge in [-0.25, -0.2) is 0 Å². The fraction of sp³-hybridized carbons (Fsp3) is 0. The van der Waals surface area contributed by atoms with Crippen LogP contribution in [0.5, 0.6) is 0 Å². The number of rotatable bonds is 20. The van der Waals surface area contributed by atoms with E-state index in [0.717, 1.165) is 0 Å². The summed E-state index contributed by atoms with van der Waals surface area (Å²) in [6.07, 6.45) is 0. The van der Waals surface area contributed by atoms with Crippen LogP contribution in [0, 0.1) is 0 Å². The summed E-state index contributed by atoms with van der Waals surface area (Å²) in [6, 6.07) is 244. The molecule has 0 aliphatic heterocycles. The Labute approximate surface area is 761 Å². The summed E-state index contributed by atoms with van der Waals surface area (Å²) in [7, 11) is 0. The van der Waals surface area contributed by atoms with Gasteiger partial charge in [-0.1, -0.05) is 0 Å². The Morgan fingerprint density at radius 1 is 0.0640 bits per heavy atom. The van der Waals surface area contributed by atoms with Gasteiger partial charge in [0, 0.05) is 0 Å². The van der Waals surface area contributed by atoms with Crippen molar-refractivity contribution in [1.29, 1.82) is 0 Å². The predicted molar refractivity (Wildman–Crippen MR) is 628 cm³/mol. The second kappa shape index (κ2) is 37.6. The van der Waals surface area contributed by atoms with E-state index in [4.69, 9.17) is 0 Å². The van der Waals surface area contributed by atoms with Gasteiger partial charge in [0.1, 0.15) is 0 Å². The van der Waals surface area contributed by atoms with Crippen molar-refractivity contribution in [3.63, 3.8) is 0 Å². The normalized spacial score (nSPS) is 12.5. The number of hydrogen-bond acceptors (Lipinski definition) is 0. The van der Waals surface area contributed by atoms with Crippen LogP contribution < -0.4 is 139 Å².